The first-order chi connectivity index (χ1) is 6.18. The minimum atomic E-state index is -0.0331. The minimum Gasteiger partial charge on any atom is -0.504 e. The summed E-state index contributed by atoms with van der Waals surface area (Å²) in [7, 11) is 0. The van der Waals surface area contributed by atoms with Crippen LogP contribution in [0.5, 0.6) is 11.5 Å². The van der Waals surface area contributed by atoms with Gasteiger partial charge in [0.1, 0.15) is 0 Å². The number of nitrogens with one attached hydrogen (secondary N) is 1. The number of aromatic hydroxyl groups is 2. The van der Waals surface area contributed by atoms with Crippen LogP contribution in [0, 0.1) is 0 Å². The van der Waals surface area contributed by atoms with Crippen LogP contribution in [0.1, 0.15) is 24.1 Å². The van der Waals surface area contributed by atoms with Crippen LogP contribution < -0.4 is 5.32 Å². The Morgan fingerprint density at radius 3 is 2.64 bits per heavy atom. The summed E-state index contributed by atoms with van der Waals surface area (Å²) in [5.74, 6) is -0.0536. The lowest BCUT2D eigenvalue weighted by molar-refractivity contribution is 0.399. The fourth-order valence-corrected chi connectivity index (χ4v) is 1.79. The first kappa shape index (κ1) is 11.1. The van der Waals surface area contributed by atoms with Gasteiger partial charge in [-0.15, -0.1) is 12.4 Å². The van der Waals surface area contributed by atoms with Crippen molar-refractivity contribution in [3.8, 4) is 11.5 Å². The molecule has 0 amide bonds. The third-order valence-corrected chi connectivity index (χ3v) is 2.55. The fourth-order valence-electron chi connectivity index (χ4n) is 1.79. The molecule has 0 aromatic heterocycles. The normalized spacial score (nSPS) is 19.6. The molecule has 4 heteroatoms. The van der Waals surface area contributed by atoms with Gasteiger partial charge in [-0.3, -0.25) is 0 Å². The molecule has 0 aliphatic carbocycles. The quantitative estimate of drug-likeness (QED) is 0.578. The zero-order chi connectivity index (χ0) is 9.42. The Labute approximate surface area is 89.2 Å². The van der Waals surface area contributed by atoms with Crippen LogP contribution in [-0.2, 0) is 6.42 Å². The predicted octanol–water partition coefficient (Wildman–Crippen LogP) is 1.73. The van der Waals surface area contributed by atoms with Crippen LogP contribution in [0.15, 0.2) is 12.1 Å². The van der Waals surface area contributed by atoms with Gasteiger partial charge in [-0.1, -0.05) is 0 Å². The summed E-state index contributed by atoms with van der Waals surface area (Å²) in [5.41, 5.74) is 2.21. The van der Waals surface area contributed by atoms with E-state index < -0.39 is 0 Å². The van der Waals surface area contributed by atoms with E-state index in [0.717, 1.165) is 24.1 Å². The third-order valence-electron chi connectivity index (χ3n) is 2.55. The van der Waals surface area contributed by atoms with Crippen molar-refractivity contribution in [2.24, 2.45) is 0 Å². The Kier molecular flexibility index (Phi) is 3.24. The highest BCUT2D eigenvalue weighted by Gasteiger charge is 2.17. The topological polar surface area (TPSA) is 52.5 Å². The van der Waals surface area contributed by atoms with Crippen LogP contribution in [-0.4, -0.2) is 16.8 Å². The van der Waals surface area contributed by atoms with Crippen LogP contribution in [0.25, 0.3) is 0 Å². The second-order valence-corrected chi connectivity index (χ2v) is 3.47. The molecule has 1 aromatic carbocycles. The van der Waals surface area contributed by atoms with E-state index in [2.05, 4.69) is 12.2 Å². The van der Waals surface area contributed by atoms with Crippen molar-refractivity contribution in [1.29, 1.82) is 0 Å². The summed E-state index contributed by atoms with van der Waals surface area (Å²) in [5, 5.41) is 21.9. The zero-order valence-electron chi connectivity index (χ0n) is 7.95. The minimum absolute atomic E-state index is 0. The number of halogens is 1. The Morgan fingerprint density at radius 2 is 1.93 bits per heavy atom. The molecule has 78 valence electrons. The van der Waals surface area contributed by atoms with Crippen molar-refractivity contribution in [3.63, 3.8) is 0 Å². The van der Waals surface area contributed by atoms with E-state index in [4.69, 9.17) is 0 Å². The number of rotatable bonds is 0. The molecular weight excluding hydrogens is 202 g/mol. The van der Waals surface area contributed by atoms with Crippen LogP contribution >= 0.6 is 12.4 Å². The Hall–Kier alpha value is -0.930. The second kappa shape index (κ2) is 4.07. The molecule has 1 aromatic rings. The number of phenols is 2. The van der Waals surface area contributed by atoms with Crippen molar-refractivity contribution in [2.45, 2.75) is 19.4 Å². The largest absolute Gasteiger partial charge is 0.504 e. The van der Waals surface area contributed by atoms with Gasteiger partial charge in [-0.05, 0) is 43.1 Å². The van der Waals surface area contributed by atoms with E-state index in [9.17, 15) is 10.2 Å². The molecule has 0 bridgehead atoms. The first-order valence-corrected chi connectivity index (χ1v) is 4.46. The maximum atomic E-state index is 9.32. The fraction of sp³-hybridized carbons (Fsp3) is 0.400. The molecule has 0 spiro atoms. The van der Waals surface area contributed by atoms with E-state index in [0.29, 0.717) is 0 Å². The Bertz CT molecular complexity index is 341. The molecule has 14 heavy (non-hydrogen) atoms. The van der Waals surface area contributed by atoms with E-state index >= 15 is 0 Å². The predicted molar refractivity (Wildman–Crippen MR) is 57.1 cm³/mol. The summed E-state index contributed by atoms with van der Waals surface area (Å²) in [6.45, 7) is 2.98. The monoisotopic (exact) mass is 215 g/mol. The van der Waals surface area contributed by atoms with Gasteiger partial charge in [0, 0.05) is 6.04 Å². The Morgan fingerprint density at radius 1 is 1.29 bits per heavy atom. The van der Waals surface area contributed by atoms with Gasteiger partial charge in [-0.25, -0.2) is 0 Å². The van der Waals surface area contributed by atoms with E-state index in [-0.39, 0.29) is 29.9 Å². The van der Waals surface area contributed by atoms with E-state index in [1.165, 1.54) is 0 Å². The van der Waals surface area contributed by atoms with Gasteiger partial charge in [0.25, 0.3) is 0 Å². The number of phenolic OH excluding ortho intramolecular Hbond substituents is 2. The molecule has 3 N–H and O–H groups in total. The van der Waals surface area contributed by atoms with Gasteiger partial charge in [0.05, 0.1) is 0 Å². The highest BCUT2D eigenvalue weighted by atomic mass is 35.5. The van der Waals surface area contributed by atoms with Crippen LogP contribution in [0.2, 0.25) is 0 Å². The molecule has 0 saturated carbocycles. The van der Waals surface area contributed by atoms with E-state index in [1.807, 2.05) is 0 Å². The molecule has 0 unspecified atom stereocenters. The zero-order valence-corrected chi connectivity index (χ0v) is 8.77. The van der Waals surface area contributed by atoms with E-state index in [1.54, 1.807) is 12.1 Å². The van der Waals surface area contributed by atoms with Crippen molar-refractivity contribution >= 4 is 12.4 Å². The van der Waals surface area contributed by atoms with Gasteiger partial charge in [0.2, 0.25) is 0 Å². The van der Waals surface area contributed by atoms with Crippen LogP contribution in [0.3, 0.4) is 0 Å². The molecule has 1 aliphatic rings. The Balaban J connectivity index is 0.000000980. The summed E-state index contributed by atoms with van der Waals surface area (Å²) in [6.07, 6.45) is 0.910. The number of benzene rings is 1. The molecular formula is C10H14ClNO2. The van der Waals surface area contributed by atoms with Crippen molar-refractivity contribution in [2.75, 3.05) is 6.54 Å². The maximum Gasteiger partial charge on any atom is 0.157 e. The molecule has 0 saturated heterocycles. The lowest BCUT2D eigenvalue weighted by atomic mass is 9.95. The molecule has 1 heterocycles. The lowest BCUT2D eigenvalue weighted by Gasteiger charge is -2.24. The smallest absolute Gasteiger partial charge is 0.157 e. The van der Waals surface area contributed by atoms with Gasteiger partial charge < -0.3 is 15.5 Å². The standard InChI is InChI=1S/C10H13NO2.ClH/c1-6-8-5-10(13)9(12)4-7(8)2-3-11-6;/h4-6,11-13H,2-3H2,1H3;1H/t6-;/m1./s1. The van der Waals surface area contributed by atoms with Crippen molar-refractivity contribution < 1.29 is 10.2 Å². The van der Waals surface area contributed by atoms with Crippen molar-refractivity contribution in [1.82, 2.24) is 5.32 Å². The summed E-state index contributed by atoms with van der Waals surface area (Å²) < 4.78 is 0. The summed E-state index contributed by atoms with van der Waals surface area (Å²) in [4.78, 5) is 0. The second-order valence-electron chi connectivity index (χ2n) is 3.47. The van der Waals surface area contributed by atoms with Crippen molar-refractivity contribution in [3.05, 3.63) is 23.3 Å². The average Bonchev–Trinajstić information content (AvgIpc) is 2.09. The number of hydrogen-bond donors (Lipinski definition) is 3. The number of hydrogen-bond acceptors (Lipinski definition) is 3. The molecule has 1 aliphatic heterocycles. The van der Waals surface area contributed by atoms with Gasteiger partial charge >= 0.3 is 0 Å². The average molecular weight is 216 g/mol. The highest BCUT2D eigenvalue weighted by Crippen LogP contribution is 2.33. The molecule has 2 rings (SSSR count). The number of fused-ring (bicyclic) bond motifs is 1. The van der Waals surface area contributed by atoms with Gasteiger partial charge in [-0.2, -0.15) is 0 Å². The summed E-state index contributed by atoms with van der Waals surface area (Å²) in [6, 6.07) is 3.55. The maximum absolute atomic E-state index is 9.32. The summed E-state index contributed by atoms with van der Waals surface area (Å²) >= 11 is 0. The molecule has 1 atom stereocenters. The molecule has 0 fully saturated rings. The lowest BCUT2D eigenvalue weighted by Crippen LogP contribution is -2.27. The third kappa shape index (κ3) is 1.79. The highest BCUT2D eigenvalue weighted by molar-refractivity contribution is 5.85. The first-order valence-electron chi connectivity index (χ1n) is 4.46. The van der Waals surface area contributed by atoms with Gasteiger partial charge in [0.15, 0.2) is 11.5 Å². The molecule has 0 radical (unpaired) electrons. The molecule has 3 nitrogen and oxygen atoms in total. The van der Waals surface area contributed by atoms with Crippen LogP contribution in [0.4, 0.5) is 0 Å². The SMILES string of the molecule is C[C@H]1NCCc2cc(O)c(O)cc21.Cl.